The van der Waals surface area contributed by atoms with Crippen LogP contribution in [0.3, 0.4) is 0 Å². The lowest BCUT2D eigenvalue weighted by molar-refractivity contribution is -0.138. The predicted octanol–water partition coefficient (Wildman–Crippen LogP) is 3.62. The maximum absolute atomic E-state index is 13.5. The molecule has 2 aliphatic rings. The Morgan fingerprint density at radius 2 is 1.70 bits per heavy atom. The third-order valence-electron chi connectivity index (χ3n) is 6.61. The number of carbonyl (C=O) groups excluding carboxylic acids is 3. The average molecular weight is 514 g/mol. The molecule has 1 heterocycles. The van der Waals surface area contributed by atoms with Crippen LogP contribution < -0.4 is 10.6 Å². The van der Waals surface area contributed by atoms with Gasteiger partial charge < -0.3 is 10.2 Å². The first kappa shape index (κ1) is 26.6. The van der Waals surface area contributed by atoms with Gasteiger partial charge in [-0.15, -0.1) is 0 Å². The van der Waals surface area contributed by atoms with E-state index >= 15 is 0 Å². The smallest absolute Gasteiger partial charge is 0.246 e. The lowest BCUT2D eigenvalue weighted by atomic mass is 10.0. The molecular formula is C28H30F3N3O3. The van der Waals surface area contributed by atoms with Crippen LogP contribution in [0.1, 0.15) is 43.4 Å². The number of rotatable bonds is 10. The zero-order valence-electron chi connectivity index (χ0n) is 20.6. The molecule has 1 aliphatic carbocycles. The summed E-state index contributed by atoms with van der Waals surface area (Å²) in [5, 5.41) is 5.60. The van der Waals surface area contributed by atoms with Crippen LogP contribution >= 0.6 is 0 Å². The Kier molecular flexibility index (Phi) is 8.43. The topological polar surface area (TPSA) is 78.5 Å². The molecule has 1 saturated carbocycles. The van der Waals surface area contributed by atoms with Crippen molar-refractivity contribution in [2.75, 3.05) is 13.1 Å². The molecule has 9 heteroatoms. The molecule has 3 atom stereocenters. The van der Waals surface area contributed by atoms with Crippen molar-refractivity contribution in [3.63, 3.8) is 0 Å². The van der Waals surface area contributed by atoms with Crippen LogP contribution in [-0.4, -0.2) is 47.7 Å². The van der Waals surface area contributed by atoms with Crippen LogP contribution in [0.25, 0.3) is 0 Å². The van der Waals surface area contributed by atoms with Gasteiger partial charge in [0.1, 0.15) is 23.5 Å². The fourth-order valence-corrected chi connectivity index (χ4v) is 4.40. The summed E-state index contributed by atoms with van der Waals surface area (Å²) in [5.41, 5.74) is 1.01. The maximum Gasteiger partial charge on any atom is 0.246 e. The second kappa shape index (κ2) is 11.7. The minimum atomic E-state index is -0.780. The lowest BCUT2D eigenvalue weighted by Gasteiger charge is -2.32. The van der Waals surface area contributed by atoms with Gasteiger partial charge in [-0.25, -0.2) is 13.2 Å². The Balaban J connectivity index is 1.35. The fourth-order valence-electron chi connectivity index (χ4n) is 4.40. The normalized spacial score (nSPS) is 20.4. The first-order valence-corrected chi connectivity index (χ1v) is 12.4. The van der Waals surface area contributed by atoms with Gasteiger partial charge in [0.05, 0.1) is 18.6 Å². The molecule has 0 unspecified atom stereocenters. The molecular weight excluding hydrogens is 483 g/mol. The van der Waals surface area contributed by atoms with Gasteiger partial charge in [-0.1, -0.05) is 24.3 Å². The highest BCUT2D eigenvalue weighted by molar-refractivity contribution is 5.91. The van der Waals surface area contributed by atoms with Gasteiger partial charge in [0.2, 0.25) is 11.8 Å². The summed E-state index contributed by atoms with van der Waals surface area (Å²) >= 11 is 0. The first-order chi connectivity index (χ1) is 17.7. The molecule has 2 amide bonds. The van der Waals surface area contributed by atoms with Crippen molar-refractivity contribution >= 4 is 17.6 Å². The molecule has 0 radical (unpaired) electrons. The van der Waals surface area contributed by atoms with Crippen molar-refractivity contribution in [3.8, 4) is 0 Å². The molecule has 2 aromatic rings. The highest BCUT2D eigenvalue weighted by Gasteiger charge is 2.36. The van der Waals surface area contributed by atoms with E-state index in [1.54, 1.807) is 24.0 Å². The largest absolute Gasteiger partial charge is 0.343 e. The molecule has 2 aromatic carbocycles. The first-order valence-electron chi connectivity index (χ1n) is 12.4. The average Bonchev–Trinajstić information content (AvgIpc) is 3.68. The second-order valence-electron chi connectivity index (χ2n) is 9.75. The highest BCUT2D eigenvalue weighted by Crippen LogP contribution is 2.35. The minimum absolute atomic E-state index is 0.175. The molecule has 1 aliphatic heterocycles. The van der Waals surface area contributed by atoms with Crippen molar-refractivity contribution in [2.24, 2.45) is 5.92 Å². The van der Waals surface area contributed by atoms with Crippen LogP contribution in [0.15, 0.2) is 54.6 Å². The van der Waals surface area contributed by atoms with E-state index in [0.717, 1.165) is 36.6 Å². The molecule has 37 heavy (non-hydrogen) atoms. The van der Waals surface area contributed by atoms with Gasteiger partial charge in [0.25, 0.3) is 0 Å². The number of ketones is 1. The fraction of sp³-hybridized carbons (Fsp3) is 0.393. The van der Waals surface area contributed by atoms with Gasteiger partial charge in [-0.2, -0.15) is 0 Å². The Labute approximate surface area is 213 Å². The number of nitrogens with one attached hydrogen (secondary N) is 2. The molecule has 0 spiro atoms. The zero-order chi connectivity index (χ0) is 26.5. The minimum Gasteiger partial charge on any atom is -0.343 e. The second-order valence-corrected chi connectivity index (χ2v) is 9.75. The van der Waals surface area contributed by atoms with Crippen molar-refractivity contribution in [1.29, 1.82) is 0 Å². The van der Waals surface area contributed by atoms with E-state index in [9.17, 15) is 27.6 Å². The molecule has 4 rings (SSSR count). The Morgan fingerprint density at radius 3 is 2.35 bits per heavy atom. The summed E-state index contributed by atoms with van der Waals surface area (Å²) in [4.78, 5) is 40.4. The van der Waals surface area contributed by atoms with Gasteiger partial charge in [-0.3, -0.25) is 19.7 Å². The molecule has 2 N–H and O–H groups in total. The maximum atomic E-state index is 13.5. The standard InChI is InChI=1S/C28H30F3N3O3/c1-17(32-15-24(35)13-19-11-22(30)14-23(31)12-19)27(36)33-25-3-2-4-26(20-7-9-21(29)10-8-20)34(28(25)37)16-18-5-6-18/h2,4,7-12,14,17-18,25-26,32H,3,5-6,13,15-16H2,1H3,(H,33,36)/t17-,25-,26-/m0/s1. The van der Waals surface area contributed by atoms with Crippen molar-refractivity contribution in [2.45, 2.75) is 50.7 Å². The highest BCUT2D eigenvalue weighted by atomic mass is 19.1. The summed E-state index contributed by atoms with van der Waals surface area (Å²) in [7, 11) is 0. The molecule has 6 nitrogen and oxygen atoms in total. The molecule has 0 saturated heterocycles. The van der Waals surface area contributed by atoms with Gasteiger partial charge in [-0.05, 0) is 67.5 Å². The number of nitrogens with zero attached hydrogens (tertiary/aromatic N) is 1. The van der Waals surface area contributed by atoms with E-state index in [4.69, 9.17) is 0 Å². The lowest BCUT2D eigenvalue weighted by Crippen LogP contribution is -2.53. The number of carbonyl (C=O) groups is 3. The summed E-state index contributed by atoms with van der Waals surface area (Å²) in [6, 6.07) is 7.08. The predicted molar refractivity (Wildman–Crippen MR) is 132 cm³/mol. The van der Waals surface area contributed by atoms with E-state index in [2.05, 4.69) is 10.6 Å². The quantitative estimate of drug-likeness (QED) is 0.476. The Morgan fingerprint density at radius 1 is 1.03 bits per heavy atom. The molecule has 1 fully saturated rings. The number of amides is 2. The van der Waals surface area contributed by atoms with Crippen LogP contribution in [0, 0.1) is 23.4 Å². The summed E-state index contributed by atoms with van der Waals surface area (Å²) < 4.78 is 40.2. The third kappa shape index (κ3) is 7.29. The van der Waals surface area contributed by atoms with Gasteiger partial charge >= 0.3 is 0 Å². The van der Waals surface area contributed by atoms with E-state index in [1.165, 1.54) is 12.1 Å². The van der Waals surface area contributed by atoms with Crippen LogP contribution in [0.5, 0.6) is 0 Å². The summed E-state index contributed by atoms with van der Waals surface area (Å²) in [5.74, 6) is -2.46. The van der Waals surface area contributed by atoms with E-state index in [1.807, 2.05) is 12.2 Å². The van der Waals surface area contributed by atoms with Crippen molar-refractivity contribution < 1.29 is 27.6 Å². The molecule has 0 aromatic heterocycles. The summed E-state index contributed by atoms with van der Waals surface area (Å²) in [6.45, 7) is 1.96. The number of Topliss-reactive ketones (excluding diaryl/α,β-unsaturated/α-hetero) is 1. The Hall–Kier alpha value is -3.46. The number of hydrogen-bond acceptors (Lipinski definition) is 4. The monoisotopic (exact) mass is 513 g/mol. The number of benzene rings is 2. The molecule has 196 valence electrons. The SMILES string of the molecule is C[C@H](NCC(=O)Cc1cc(F)cc(F)c1)C(=O)N[C@H]1CC=C[C@@H](c2ccc(F)cc2)N(CC2CC2)C1=O. The van der Waals surface area contributed by atoms with Crippen molar-refractivity contribution in [3.05, 3.63) is 83.2 Å². The van der Waals surface area contributed by atoms with E-state index < -0.39 is 29.6 Å². The van der Waals surface area contributed by atoms with Gasteiger partial charge in [0, 0.05) is 19.0 Å². The van der Waals surface area contributed by atoms with E-state index in [-0.39, 0.29) is 42.1 Å². The summed E-state index contributed by atoms with van der Waals surface area (Å²) in [6.07, 6.45) is 5.97. The molecule has 0 bridgehead atoms. The number of hydrogen-bond donors (Lipinski definition) is 2. The van der Waals surface area contributed by atoms with Crippen LogP contribution in [0.4, 0.5) is 13.2 Å². The van der Waals surface area contributed by atoms with Crippen molar-refractivity contribution in [1.82, 2.24) is 15.5 Å². The Bertz CT molecular complexity index is 1160. The van der Waals surface area contributed by atoms with Crippen LogP contribution in [0.2, 0.25) is 0 Å². The van der Waals surface area contributed by atoms with Crippen LogP contribution in [-0.2, 0) is 20.8 Å². The van der Waals surface area contributed by atoms with Gasteiger partial charge in [0.15, 0.2) is 5.78 Å². The van der Waals surface area contributed by atoms with E-state index in [0.29, 0.717) is 18.9 Å². The third-order valence-corrected chi connectivity index (χ3v) is 6.61. The number of halogens is 3. The zero-order valence-corrected chi connectivity index (χ0v) is 20.6.